The molecular formula is C12H17NO3. The van der Waals surface area contributed by atoms with Crippen LogP contribution in [0.2, 0.25) is 0 Å². The summed E-state index contributed by atoms with van der Waals surface area (Å²) in [5.74, 6) is 0.823. The molecule has 1 heterocycles. The van der Waals surface area contributed by atoms with Crippen LogP contribution in [0.25, 0.3) is 0 Å². The van der Waals surface area contributed by atoms with Gasteiger partial charge in [0.15, 0.2) is 0 Å². The van der Waals surface area contributed by atoms with Crippen molar-refractivity contribution in [1.29, 1.82) is 0 Å². The summed E-state index contributed by atoms with van der Waals surface area (Å²) in [6.45, 7) is 0.460. The Morgan fingerprint density at radius 3 is 2.50 bits per heavy atom. The number of rotatable bonds is 3. The molecule has 1 aliphatic heterocycles. The van der Waals surface area contributed by atoms with Crippen molar-refractivity contribution in [2.75, 3.05) is 13.7 Å². The van der Waals surface area contributed by atoms with Crippen LogP contribution in [0.5, 0.6) is 5.75 Å². The van der Waals surface area contributed by atoms with Crippen molar-refractivity contribution >= 4 is 0 Å². The second kappa shape index (κ2) is 4.82. The van der Waals surface area contributed by atoms with E-state index in [0.29, 0.717) is 13.0 Å². The maximum atomic E-state index is 9.68. The quantitative estimate of drug-likeness (QED) is 0.671. The molecule has 0 aliphatic carbocycles. The van der Waals surface area contributed by atoms with Crippen LogP contribution in [0.1, 0.15) is 5.56 Å². The van der Waals surface area contributed by atoms with Gasteiger partial charge in [-0.2, -0.15) is 0 Å². The third-order valence-corrected chi connectivity index (χ3v) is 3.01. The number of methoxy groups -OCH3 is 1. The van der Waals surface area contributed by atoms with Gasteiger partial charge in [-0.3, -0.25) is 0 Å². The Bertz CT molecular complexity index is 339. The lowest BCUT2D eigenvalue weighted by Gasteiger charge is -2.16. The van der Waals surface area contributed by atoms with Crippen LogP contribution >= 0.6 is 0 Å². The average Bonchev–Trinajstić information content (AvgIpc) is 2.62. The summed E-state index contributed by atoms with van der Waals surface area (Å²) in [5, 5.41) is 22.2. The highest BCUT2D eigenvalue weighted by atomic mass is 16.5. The van der Waals surface area contributed by atoms with Crippen molar-refractivity contribution < 1.29 is 14.9 Å². The van der Waals surface area contributed by atoms with Crippen molar-refractivity contribution in [3.05, 3.63) is 29.8 Å². The molecule has 88 valence electrons. The van der Waals surface area contributed by atoms with Crippen LogP contribution < -0.4 is 10.1 Å². The number of nitrogens with one attached hydrogen (secondary N) is 1. The summed E-state index contributed by atoms with van der Waals surface area (Å²) in [4.78, 5) is 0. The molecule has 0 saturated carbocycles. The highest BCUT2D eigenvalue weighted by molar-refractivity contribution is 5.28. The number of hydrogen-bond donors (Lipinski definition) is 3. The zero-order valence-corrected chi connectivity index (χ0v) is 9.26. The first-order valence-electron chi connectivity index (χ1n) is 5.43. The summed E-state index contributed by atoms with van der Waals surface area (Å²) < 4.78 is 5.07. The van der Waals surface area contributed by atoms with Crippen LogP contribution in [-0.2, 0) is 6.42 Å². The molecule has 0 unspecified atom stereocenters. The molecule has 1 aromatic carbocycles. The van der Waals surface area contributed by atoms with Crippen molar-refractivity contribution in [2.24, 2.45) is 0 Å². The Hall–Kier alpha value is -1.10. The van der Waals surface area contributed by atoms with Crippen LogP contribution in [0.15, 0.2) is 24.3 Å². The van der Waals surface area contributed by atoms with E-state index in [4.69, 9.17) is 4.74 Å². The first-order chi connectivity index (χ1) is 7.70. The van der Waals surface area contributed by atoms with Crippen LogP contribution in [0, 0.1) is 0 Å². The Labute approximate surface area is 94.9 Å². The van der Waals surface area contributed by atoms with E-state index in [1.165, 1.54) is 0 Å². The number of benzene rings is 1. The largest absolute Gasteiger partial charge is 0.497 e. The predicted octanol–water partition coefficient (Wildman–Crippen LogP) is -0.0687. The van der Waals surface area contributed by atoms with Gasteiger partial charge in [-0.05, 0) is 24.1 Å². The first-order valence-corrected chi connectivity index (χ1v) is 5.43. The Morgan fingerprint density at radius 1 is 1.31 bits per heavy atom. The fraction of sp³-hybridized carbons (Fsp3) is 0.500. The van der Waals surface area contributed by atoms with Gasteiger partial charge in [0.2, 0.25) is 0 Å². The van der Waals surface area contributed by atoms with Gasteiger partial charge < -0.3 is 20.3 Å². The van der Waals surface area contributed by atoms with Crippen molar-refractivity contribution in [3.63, 3.8) is 0 Å². The zero-order chi connectivity index (χ0) is 11.5. The predicted molar refractivity (Wildman–Crippen MR) is 60.5 cm³/mol. The smallest absolute Gasteiger partial charge is 0.118 e. The highest BCUT2D eigenvalue weighted by Gasteiger charge is 2.32. The minimum Gasteiger partial charge on any atom is -0.497 e. The maximum absolute atomic E-state index is 9.68. The third kappa shape index (κ3) is 2.35. The van der Waals surface area contributed by atoms with Gasteiger partial charge in [0.1, 0.15) is 5.75 Å². The topological polar surface area (TPSA) is 61.7 Å². The third-order valence-electron chi connectivity index (χ3n) is 3.01. The fourth-order valence-corrected chi connectivity index (χ4v) is 1.99. The monoisotopic (exact) mass is 223 g/mol. The molecular weight excluding hydrogens is 206 g/mol. The van der Waals surface area contributed by atoms with Crippen molar-refractivity contribution in [2.45, 2.75) is 24.7 Å². The Kier molecular flexibility index (Phi) is 3.43. The van der Waals surface area contributed by atoms with Crippen molar-refractivity contribution in [3.8, 4) is 5.75 Å². The molecule has 1 saturated heterocycles. The van der Waals surface area contributed by atoms with Gasteiger partial charge in [0.25, 0.3) is 0 Å². The molecule has 4 nitrogen and oxygen atoms in total. The molecule has 0 bridgehead atoms. The lowest BCUT2D eigenvalue weighted by atomic mass is 10.0. The Morgan fingerprint density at radius 2 is 2.00 bits per heavy atom. The summed E-state index contributed by atoms with van der Waals surface area (Å²) >= 11 is 0. The standard InChI is InChI=1S/C12H17NO3/c1-16-9-4-2-8(3-5-9)6-10-12(15)11(14)7-13-10/h2-5,10-15H,6-7H2,1H3/t10-,11+,12-/m1/s1. The van der Waals surface area contributed by atoms with E-state index in [1.807, 2.05) is 24.3 Å². The van der Waals surface area contributed by atoms with E-state index in [1.54, 1.807) is 7.11 Å². The van der Waals surface area contributed by atoms with E-state index >= 15 is 0 Å². The fourth-order valence-electron chi connectivity index (χ4n) is 1.99. The molecule has 1 aromatic rings. The average molecular weight is 223 g/mol. The number of aliphatic hydroxyl groups is 2. The lowest BCUT2D eigenvalue weighted by molar-refractivity contribution is 0.0408. The Balaban J connectivity index is 1.98. The van der Waals surface area contributed by atoms with Crippen LogP contribution in [0.3, 0.4) is 0 Å². The van der Waals surface area contributed by atoms with Gasteiger partial charge in [0, 0.05) is 12.6 Å². The molecule has 0 aromatic heterocycles. The molecule has 3 atom stereocenters. The molecule has 4 heteroatoms. The van der Waals surface area contributed by atoms with E-state index in [2.05, 4.69) is 5.32 Å². The molecule has 0 spiro atoms. The molecule has 0 radical (unpaired) electrons. The summed E-state index contributed by atoms with van der Waals surface area (Å²) in [6.07, 6.45) is -0.618. The van der Waals surface area contributed by atoms with Crippen molar-refractivity contribution in [1.82, 2.24) is 5.32 Å². The summed E-state index contributed by atoms with van der Waals surface area (Å²) in [6, 6.07) is 7.67. The molecule has 3 N–H and O–H groups in total. The second-order valence-corrected chi connectivity index (χ2v) is 4.12. The summed E-state index contributed by atoms with van der Waals surface area (Å²) in [5.41, 5.74) is 1.12. The molecule has 1 fully saturated rings. The van der Waals surface area contributed by atoms with E-state index in [0.717, 1.165) is 11.3 Å². The van der Waals surface area contributed by atoms with Crippen LogP contribution in [-0.4, -0.2) is 42.1 Å². The zero-order valence-electron chi connectivity index (χ0n) is 9.26. The van der Waals surface area contributed by atoms with E-state index in [9.17, 15) is 10.2 Å². The van der Waals surface area contributed by atoms with Gasteiger partial charge in [0.05, 0.1) is 19.3 Å². The normalized spacial score (nSPS) is 29.3. The molecule has 2 rings (SSSR count). The van der Waals surface area contributed by atoms with E-state index < -0.39 is 12.2 Å². The highest BCUT2D eigenvalue weighted by Crippen LogP contribution is 2.16. The molecule has 1 aliphatic rings. The second-order valence-electron chi connectivity index (χ2n) is 4.12. The maximum Gasteiger partial charge on any atom is 0.118 e. The molecule has 16 heavy (non-hydrogen) atoms. The van der Waals surface area contributed by atoms with Gasteiger partial charge in [-0.15, -0.1) is 0 Å². The summed E-state index contributed by atoms with van der Waals surface area (Å²) in [7, 11) is 1.63. The minimum absolute atomic E-state index is 0.0663. The number of hydrogen-bond acceptors (Lipinski definition) is 4. The molecule has 0 amide bonds. The van der Waals surface area contributed by atoms with Gasteiger partial charge >= 0.3 is 0 Å². The lowest BCUT2D eigenvalue weighted by Crippen LogP contribution is -2.34. The number of aliphatic hydroxyl groups excluding tert-OH is 2. The van der Waals surface area contributed by atoms with Gasteiger partial charge in [-0.25, -0.2) is 0 Å². The number of β-amino-alcohol motifs (C(OH)–C–C–N with tert-alkyl or cyclic N) is 1. The SMILES string of the molecule is COc1ccc(C[C@H]2NC[C@H](O)[C@@H]2O)cc1. The van der Waals surface area contributed by atoms with E-state index in [-0.39, 0.29) is 6.04 Å². The first kappa shape index (κ1) is 11.4. The van der Waals surface area contributed by atoms with Crippen LogP contribution in [0.4, 0.5) is 0 Å². The minimum atomic E-state index is -0.679. The number of ether oxygens (including phenoxy) is 1. The van der Waals surface area contributed by atoms with Gasteiger partial charge in [-0.1, -0.05) is 12.1 Å².